The lowest BCUT2D eigenvalue weighted by atomic mass is 10.4. The molecule has 0 saturated carbocycles. The summed E-state index contributed by atoms with van der Waals surface area (Å²) in [6.07, 6.45) is 1.26. The van der Waals surface area contributed by atoms with Crippen molar-refractivity contribution in [2.45, 2.75) is 6.92 Å². The fourth-order valence-electron chi connectivity index (χ4n) is 1.09. The Morgan fingerprint density at radius 1 is 1.44 bits per heavy atom. The minimum absolute atomic E-state index is 0.0447. The predicted octanol–water partition coefficient (Wildman–Crippen LogP) is -0.645. The number of nitrogens with one attached hydrogen (secondary N) is 1. The molecule has 16 heavy (non-hydrogen) atoms. The molecule has 1 aromatic rings. The summed E-state index contributed by atoms with van der Waals surface area (Å²) >= 11 is 0. The number of carbonyl (C=O) groups is 2. The van der Waals surface area contributed by atoms with E-state index in [0.717, 1.165) is 0 Å². The van der Waals surface area contributed by atoms with E-state index in [1.54, 1.807) is 21.0 Å². The highest BCUT2D eigenvalue weighted by Crippen LogP contribution is 1.98. The summed E-state index contributed by atoms with van der Waals surface area (Å²) in [6, 6.07) is 0. The fraction of sp³-hybridized carbons (Fsp3) is 0.556. The Hall–Kier alpha value is -1.92. The molecule has 0 atom stereocenters. The van der Waals surface area contributed by atoms with Crippen LogP contribution in [0.1, 0.15) is 17.5 Å². The molecule has 1 heterocycles. The smallest absolute Gasteiger partial charge is 0.291 e. The average molecular weight is 225 g/mol. The summed E-state index contributed by atoms with van der Waals surface area (Å²) in [5.74, 6) is -0.307. The standard InChI is InChI=1S/C9H15N5O2/c1-4-14(5-7(15)13(2)3)9(16)8-10-6-11-12-8/h6H,4-5H2,1-3H3,(H,10,11,12). The lowest BCUT2D eigenvalue weighted by Crippen LogP contribution is -2.40. The maximum atomic E-state index is 11.8. The SMILES string of the molecule is CCN(CC(=O)N(C)C)C(=O)c1ncn[nH]1. The summed E-state index contributed by atoms with van der Waals surface area (Å²) in [5, 5.41) is 6.07. The third-order valence-electron chi connectivity index (χ3n) is 2.11. The monoisotopic (exact) mass is 225 g/mol. The van der Waals surface area contributed by atoms with E-state index in [2.05, 4.69) is 15.2 Å². The van der Waals surface area contributed by atoms with Crippen LogP contribution in [0.2, 0.25) is 0 Å². The number of likely N-dealkylation sites (N-methyl/N-ethyl adjacent to an activating group) is 2. The van der Waals surface area contributed by atoms with E-state index in [0.29, 0.717) is 6.54 Å². The zero-order chi connectivity index (χ0) is 12.1. The molecule has 0 unspecified atom stereocenters. The van der Waals surface area contributed by atoms with E-state index in [1.807, 2.05) is 0 Å². The Morgan fingerprint density at radius 3 is 2.56 bits per heavy atom. The molecule has 0 aliphatic heterocycles. The topological polar surface area (TPSA) is 82.2 Å². The molecule has 7 heteroatoms. The van der Waals surface area contributed by atoms with Crippen LogP contribution in [0.5, 0.6) is 0 Å². The molecular weight excluding hydrogens is 210 g/mol. The second kappa shape index (κ2) is 5.24. The third-order valence-corrected chi connectivity index (χ3v) is 2.11. The molecule has 0 aliphatic rings. The van der Waals surface area contributed by atoms with Crippen LogP contribution < -0.4 is 0 Å². The van der Waals surface area contributed by atoms with Crippen LogP contribution in [0.4, 0.5) is 0 Å². The van der Waals surface area contributed by atoms with E-state index in [9.17, 15) is 9.59 Å². The summed E-state index contributed by atoms with van der Waals surface area (Å²) in [4.78, 5) is 29.9. The Kier molecular flexibility index (Phi) is 3.98. The highest BCUT2D eigenvalue weighted by atomic mass is 16.2. The van der Waals surface area contributed by atoms with E-state index in [-0.39, 0.29) is 24.2 Å². The van der Waals surface area contributed by atoms with Gasteiger partial charge in [-0.1, -0.05) is 0 Å². The van der Waals surface area contributed by atoms with Gasteiger partial charge in [0.1, 0.15) is 12.9 Å². The van der Waals surface area contributed by atoms with Crippen LogP contribution >= 0.6 is 0 Å². The molecular formula is C9H15N5O2. The maximum Gasteiger partial charge on any atom is 0.291 e. The van der Waals surface area contributed by atoms with Crippen molar-refractivity contribution in [1.29, 1.82) is 0 Å². The average Bonchev–Trinajstić information content (AvgIpc) is 2.77. The Bertz CT molecular complexity index is 360. The van der Waals surface area contributed by atoms with Crippen LogP contribution in [0.25, 0.3) is 0 Å². The fourth-order valence-corrected chi connectivity index (χ4v) is 1.09. The van der Waals surface area contributed by atoms with E-state index >= 15 is 0 Å². The molecule has 0 bridgehead atoms. The van der Waals surface area contributed by atoms with E-state index < -0.39 is 0 Å². The highest BCUT2D eigenvalue weighted by molar-refractivity contribution is 5.93. The van der Waals surface area contributed by atoms with Crippen molar-refractivity contribution in [1.82, 2.24) is 25.0 Å². The van der Waals surface area contributed by atoms with Gasteiger partial charge in [-0.3, -0.25) is 14.7 Å². The van der Waals surface area contributed by atoms with Gasteiger partial charge in [-0.05, 0) is 6.92 Å². The van der Waals surface area contributed by atoms with Gasteiger partial charge in [0.05, 0.1) is 0 Å². The van der Waals surface area contributed by atoms with Crippen LogP contribution in [-0.2, 0) is 4.79 Å². The quantitative estimate of drug-likeness (QED) is 0.738. The third kappa shape index (κ3) is 2.78. The van der Waals surface area contributed by atoms with Crippen molar-refractivity contribution in [2.75, 3.05) is 27.2 Å². The number of hydrogen-bond donors (Lipinski definition) is 1. The number of H-pyrrole nitrogens is 1. The van der Waals surface area contributed by atoms with Gasteiger partial charge in [0, 0.05) is 20.6 Å². The Morgan fingerprint density at radius 2 is 2.12 bits per heavy atom. The number of rotatable bonds is 4. The molecule has 0 spiro atoms. The van der Waals surface area contributed by atoms with Crippen LogP contribution in [-0.4, -0.2) is 64.0 Å². The molecule has 7 nitrogen and oxygen atoms in total. The Labute approximate surface area is 93.4 Å². The van der Waals surface area contributed by atoms with Gasteiger partial charge >= 0.3 is 0 Å². The van der Waals surface area contributed by atoms with Gasteiger partial charge in [0.2, 0.25) is 11.7 Å². The van der Waals surface area contributed by atoms with Gasteiger partial charge in [0.25, 0.3) is 5.91 Å². The number of hydrogen-bond acceptors (Lipinski definition) is 4. The minimum Gasteiger partial charge on any atom is -0.347 e. The zero-order valence-corrected chi connectivity index (χ0v) is 9.60. The first-order valence-electron chi connectivity index (χ1n) is 4.91. The first-order chi connectivity index (χ1) is 7.56. The van der Waals surface area contributed by atoms with Crippen molar-refractivity contribution in [3.63, 3.8) is 0 Å². The molecule has 0 aromatic carbocycles. The van der Waals surface area contributed by atoms with Crippen LogP contribution in [0, 0.1) is 0 Å². The first-order valence-corrected chi connectivity index (χ1v) is 4.91. The first kappa shape index (κ1) is 12.2. The lowest BCUT2D eigenvalue weighted by Gasteiger charge is -2.20. The normalized spacial score (nSPS) is 9.94. The van der Waals surface area contributed by atoms with Gasteiger partial charge in [-0.15, -0.1) is 0 Å². The lowest BCUT2D eigenvalue weighted by molar-refractivity contribution is -0.129. The van der Waals surface area contributed by atoms with E-state index in [1.165, 1.54) is 16.1 Å². The number of carbonyl (C=O) groups excluding carboxylic acids is 2. The molecule has 0 saturated heterocycles. The second-order valence-electron chi connectivity index (χ2n) is 3.44. The second-order valence-corrected chi connectivity index (χ2v) is 3.44. The maximum absolute atomic E-state index is 11.8. The largest absolute Gasteiger partial charge is 0.347 e. The van der Waals surface area contributed by atoms with Gasteiger partial charge in [0.15, 0.2) is 0 Å². The molecule has 2 amide bonds. The molecule has 1 aromatic heterocycles. The summed E-state index contributed by atoms with van der Waals surface area (Å²) in [5.41, 5.74) is 0. The van der Waals surface area contributed by atoms with Gasteiger partial charge < -0.3 is 9.80 Å². The number of amides is 2. The zero-order valence-electron chi connectivity index (χ0n) is 9.60. The number of aromatic nitrogens is 3. The number of aromatic amines is 1. The minimum atomic E-state index is -0.324. The molecule has 88 valence electrons. The molecule has 0 fully saturated rings. The molecule has 0 aliphatic carbocycles. The van der Waals surface area contributed by atoms with Crippen molar-refractivity contribution < 1.29 is 9.59 Å². The van der Waals surface area contributed by atoms with E-state index in [4.69, 9.17) is 0 Å². The van der Waals surface area contributed by atoms with Crippen molar-refractivity contribution in [3.05, 3.63) is 12.2 Å². The highest BCUT2D eigenvalue weighted by Gasteiger charge is 2.20. The molecule has 1 rings (SSSR count). The summed E-state index contributed by atoms with van der Waals surface area (Å²) in [7, 11) is 3.30. The Balaban J connectivity index is 2.68. The van der Waals surface area contributed by atoms with Crippen LogP contribution in [0.15, 0.2) is 6.33 Å². The molecule has 1 N–H and O–H groups in total. The van der Waals surface area contributed by atoms with Crippen molar-refractivity contribution in [3.8, 4) is 0 Å². The molecule has 0 radical (unpaired) electrons. The summed E-state index contributed by atoms with van der Waals surface area (Å²) in [6.45, 7) is 2.29. The van der Waals surface area contributed by atoms with Crippen molar-refractivity contribution >= 4 is 11.8 Å². The predicted molar refractivity (Wildman–Crippen MR) is 56.7 cm³/mol. The summed E-state index contributed by atoms with van der Waals surface area (Å²) < 4.78 is 0. The van der Waals surface area contributed by atoms with Crippen molar-refractivity contribution in [2.24, 2.45) is 0 Å². The van der Waals surface area contributed by atoms with Crippen LogP contribution in [0.3, 0.4) is 0 Å². The van der Waals surface area contributed by atoms with Gasteiger partial charge in [-0.2, -0.15) is 5.10 Å². The van der Waals surface area contributed by atoms with Gasteiger partial charge in [-0.25, -0.2) is 4.98 Å². The number of nitrogens with zero attached hydrogens (tertiary/aromatic N) is 4.